The minimum absolute atomic E-state index is 0.199. The lowest BCUT2D eigenvalue weighted by Gasteiger charge is -2.12. The number of hydrogen-bond donors (Lipinski definition) is 1. The molecule has 1 saturated heterocycles. The summed E-state index contributed by atoms with van der Waals surface area (Å²) in [5, 5.41) is 4.19. The number of halogens is 2. The number of thioether (sulfide) groups is 1. The summed E-state index contributed by atoms with van der Waals surface area (Å²) in [5.74, 6) is 0.871. The van der Waals surface area contributed by atoms with Crippen molar-refractivity contribution < 1.29 is 23.5 Å². The van der Waals surface area contributed by atoms with Crippen molar-refractivity contribution in [2.75, 3.05) is 19.0 Å². The van der Waals surface area contributed by atoms with E-state index in [2.05, 4.69) is 10.3 Å². The number of benzene rings is 2. The van der Waals surface area contributed by atoms with Gasteiger partial charge >= 0.3 is 0 Å². The number of aromatic nitrogens is 1. The van der Waals surface area contributed by atoms with Crippen molar-refractivity contribution in [1.82, 2.24) is 9.88 Å². The number of anilines is 1. The summed E-state index contributed by atoms with van der Waals surface area (Å²) in [6, 6.07) is 14.2. The van der Waals surface area contributed by atoms with Crippen LogP contribution in [0, 0.1) is 0 Å². The van der Waals surface area contributed by atoms with E-state index in [9.17, 15) is 9.59 Å². The molecule has 210 valence electrons. The standard InChI is InChI=1S/C28H21Cl2N3O5S3/c1-36-23-11-17(12-24-26(35)33(28(39)41-24)14-18-3-2-8-37-18)5-7-22(23)38-15-25(34)32-27-31-13-19(40-27)9-16-4-6-20(29)21(30)10-16/h2-8,10-13H,9,14-15H2,1H3,(H,31,32,34)/b24-12-. The van der Waals surface area contributed by atoms with E-state index in [1.54, 1.807) is 61.0 Å². The monoisotopic (exact) mass is 645 g/mol. The molecule has 2 aromatic heterocycles. The Bertz CT molecular complexity index is 1640. The number of nitrogens with one attached hydrogen (secondary N) is 1. The van der Waals surface area contributed by atoms with Crippen LogP contribution in [0.1, 0.15) is 21.8 Å². The SMILES string of the molecule is COc1cc(/C=C2\SC(=S)N(Cc3ccco3)C2=O)ccc1OCC(=O)Nc1ncc(Cc2ccc(Cl)c(Cl)c2)s1. The summed E-state index contributed by atoms with van der Waals surface area (Å²) in [5.41, 5.74) is 1.70. The van der Waals surface area contributed by atoms with Gasteiger partial charge in [-0.3, -0.25) is 19.8 Å². The predicted octanol–water partition coefficient (Wildman–Crippen LogP) is 7.06. The highest BCUT2D eigenvalue weighted by molar-refractivity contribution is 8.26. The predicted molar refractivity (Wildman–Crippen MR) is 166 cm³/mol. The quantitative estimate of drug-likeness (QED) is 0.145. The molecular formula is C28H21Cl2N3O5S3. The van der Waals surface area contributed by atoms with Crippen LogP contribution in [0.25, 0.3) is 6.08 Å². The molecule has 0 atom stereocenters. The van der Waals surface area contributed by atoms with Gasteiger partial charge in [-0.05, 0) is 53.6 Å². The van der Waals surface area contributed by atoms with Gasteiger partial charge in [0.05, 0.1) is 34.9 Å². The normalized spacial score (nSPS) is 14.1. The topological polar surface area (TPSA) is 93.9 Å². The fourth-order valence-electron chi connectivity index (χ4n) is 3.84. The molecule has 2 aromatic carbocycles. The van der Waals surface area contributed by atoms with E-state index in [1.807, 2.05) is 6.07 Å². The first-order valence-corrected chi connectivity index (χ1v) is 14.9. The zero-order valence-corrected chi connectivity index (χ0v) is 25.3. The van der Waals surface area contributed by atoms with Gasteiger partial charge in [0.25, 0.3) is 11.8 Å². The minimum atomic E-state index is -0.369. The molecule has 1 fully saturated rings. The maximum absolute atomic E-state index is 12.9. The van der Waals surface area contributed by atoms with Crippen molar-refractivity contribution >= 4 is 85.9 Å². The van der Waals surface area contributed by atoms with E-state index in [-0.39, 0.29) is 25.0 Å². The highest BCUT2D eigenvalue weighted by Crippen LogP contribution is 2.35. The Morgan fingerprint density at radius 1 is 1.17 bits per heavy atom. The van der Waals surface area contributed by atoms with Gasteiger partial charge in [0.1, 0.15) is 10.1 Å². The van der Waals surface area contributed by atoms with Crippen molar-refractivity contribution in [3.8, 4) is 11.5 Å². The first-order valence-electron chi connectivity index (χ1n) is 12.1. The molecule has 0 radical (unpaired) electrons. The highest BCUT2D eigenvalue weighted by atomic mass is 35.5. The van der Waals surface area contributed by atoms with Gasteiger partial charge in [0.15, 0.2) is 23.2 Å². The van der Waals surface area contributed by atoms with Gasteiger partial charge < -0.3 is 13.9 Å². The molecule has 0 aliphatic carbocycles. The second-order valence-corrected chi connectivity index (χ2v) is 12.3. The van der Waals surface area contributed by atoms with Crippen molar-refractivity contribution in [3.05, 3.63) is 97.7 Å². The summed E-state index contributed by atoms with van der Waals surface area (Å²) in [4.78, 5) is 32.6. The number of thiocarbonyl (C=S) groups is 1. The van der Waals surface area contributed by atoms with E-state index in [0.29, 0.717) is 48.1 Å². The zero-order chi connectivity index (χ0) is 28.9. The number of carbonyl (C=O) groups is 2. The van der Waals surface area contributed by atoms with Crippen LogP contribution in [0.15, 0.2) is 70.3 Å². The van der Waals surface area contributed by atoms with Crippen LogP contribution in [0.5, 0.6) is 11.5 Å². The lowest BCUT2D eigenvalue weighted by molar-refractivity contribution is -0.122. The molecule has 1 aliphatic heterocycles. The van der Waals surface area contributed by atoms with Crippen LogP contribution in [-0.4, -0.2) is 39.7 Å². The number of ether oxygens (including phenoxy) is 2. The van der Waals surface area contributed by atoms with Crippen LogP contribution < -0.4 is 14.8 Å². The first-order chi connectivity index (χ1) is 19.8. The molecule has 1 N–H and O–H groups in total. The molecule has 2 amide bonds. The lowest BCUT2D eigenvalue weighted by Crippen LogP contribution is -2.27. The highest BCUT2D eigenvalue weighted by Gasteiger charge is 2.32. The second kappa shape index (κ2) is 13.1. The number of furan rings is 1. The van der Waals surface area contributed by atoms with Gasteiger partial charge in [0, 0.05) is 17.5 Å². The number of rotatable bonds is 10. The summed E-state index contributed by atoms with van der Waals surface area (Å²) in [6.45, 7) is 0.0234. The maximum atomic E-state index is 12.9. The maximum Gasteiger partial charge on any atom is 0.266 e. The molecule has 8 nitrogen and oxygen atoms in total. The molecule has 41 heavy (non-hydrogen) atoms. The Balaban J connectivity index is 1.17. The van der Waals surface area contributed by atoms with E-state index in [0.717, 1.165) is 16.0 Å². The average molecular weight is 647 g/mol. The fraction of sp³-hybridized carbons (Fsp3) is 0.143. The van der Waals surface area contributed by atoms with Crippen LogP contribution in [0.2, 0.25) is 10.0 Å². The van der Waals surface area contributed by atoms with E-state index < -0.39 is 0 Å². The number of nitrogens with zero attached hydrogens (tertiary/aromatic N) is 2. The summed E-state index contributed by atoms with van der Waals surface area (Å²) >= 11 is 20.0. The van der Waals surface area contributed by atoms with Crippen molar-refractivity contribution in [1.29, 1.82) is 0 Å². The molecular weight excluding hydrogens is 625 g/mol. The fourth-order valence-corrected chi connectivity index (χ4v) is 6.27. The Hall–Kier alpha value is -3.35. The molecule has 0 unspecified atom stereocenters. The number of hydrogen-bond acceptors (Lipinski definition) is 9. The van der Waals surface area contributed by atoms with Gasteiger partial charge in [-0.1, -0.05) is 59.3 Å². The summed E-state index contributed by atoms with van der Waals surface area (Å²) in [6.07, 6.45) is 5.60. The smallest absolute Gasteiger partial charge is 0.266 e. The van der Waals surface area contributed by atoms with Crippen molar-refractivity contribution in [2.45, 2.75) is 13.0 Å². The number of thiazole rings is 1. The number of methoxy groups -OCH3 is 1. The van der Waals surface area contributed by atoms with Crippen LogP contribution in [0.4, 0.5) is 5.13 Å². The van der Waals surface area contributed by atoms with Crippen LogP contribution >= 0.6 is 58.5 Å². The number of carbonyl (C=O) groups excluding carboxylic acids is 2. The number of amides is 2. The van der Waals surface area contributed by atoms with E-state index in [4.69, 9.17) is 49.3 Å². The third kappa shape index (κ3) is 7.30. The molecule has 13 heteroatoms. The van der Waals surface area contributed by atoms with Gasteiger partial charge in [-0.2, -0.15) is 0 Å². The molecule has 0 spiro atoms. The molecule has 0 saturated carbocycles. The Kier molecular flexibility index (Phi) is 9.31. The van der Waals surface area contributed by atoms with Gasteiger partial charge in [-0.15, -0.1) is 11.3 Å². The summed E-state index contributed by atoms with van der Waals surface area (Å²) in [7, 11) is 1.50. The average Bonchev–Trinajstić information content (AvgIpc) is 3.69. The molecule has 4 aromatic rings. The third-order valence-electron chi connectivity index (χ3n) is 5.77. The third-order valence-corrected chi connectivity index (χ3v) is 8.80. The van der Waals surface area contributed by atoms with Gasteiger partial charge in [0.2, 0.25) is 0 Å². The second-order valence-electron chi connectivity index (χ2n) is 8.65. The lowest BCUT2D eigenvalue weighted by atomic mass is 10.1. The Morgan fingerprint density at radius 2 is 2.02 bits per heavy atom. The molecule has 1 aliphatic rings. The Morgan fingerprint density at radius 3 is 2.78 bits per heavy atom. The van der Waals surface area contributed by atoms with Crippen molar-refractivity contribution in [2.24, 2.45) is 0 Å². The van der Waals surface area contributed by atoms with Crippen LogP contribution in [-0.2, 0) is 22.6 Å². The Labute approximate surface area is 259 Å². The first kappa shape index (κ1) is 29.2. The van der Waals surface area contributed by atoms with Gasteiger partial charge in [-0.25, -0.2) is 4.98 Å². The largest absolute Gasteiger partial charge is 0.493 e. The van der Waals surface area contributed by atoms with Crippen molar-refractivity contribution in [3.63, 3.8) is 0 Å². The molecule has 5 rings (SSSR count). The molecule has 0 bridgehead atoms. The summed E-state index contributed by atoms with van der Waals surface area (Å²) < 4.78 is 17.0. The zero-order valence-electron chi connectivity index (χ0n) is 21.4. The van der Waals surface area contributed by atoms with E-state index in [1.165, 1.54) is 35.1 Å². The van der Waals surface area contributed by atoms with E-state index >= 15 is 0 Å². The molecule has 3 heterocycles. The minimum Gasteiger partial charge on any atom is -0.493 e. The van der Waals surface area contributed by atoms with Crippen LogP contribution in [0.3, 0.4) is 0 Å².